The van der Waals surface area contributed by atoms with Gasteiger partial charge in [0.1, 0.15) is 11.8 Å². The van der Waals surface area contributed by atoms with Crippen LogP contribution in [0.4, 0.5) is 13.2 Å². The van der Waals surface area contributed by atoms with Gasteiger partial charge >= 0.3 is 6.18 Å². The number of aromatic nitrogens is 1. The van der Waals surface area contributed by atoms with Crippen LogP contribution in [0.5, 0.6) is 5.75 Å². The van der Waals surface area contributed by atoms with Crippen LogP contribution in [0.3, 0.4) is 0 Å². The minimum atomic E-state index is -4.46. The summed E-state index contributed by atoms with van der Waals surface area (Å²) in [6.45, 7) is 3.76. The van der Waals surface area contributed by atoms with Crippen molar-refractivity contribution >= 4 is 11.6 Å². The maximum Gasteiger partial charge on any atom is 0.417 e. The molecule has 2 aromatic rings. The van der Waals surface area contributed by atoms with Gasteiger partial charge in [0.2, 0.25) is 0 Å². The van der Waals surface area contributed by atoms with Gasteiger partial charge in [-0.15, -0.1) is 0 Å². The largest absolute Gasteiger partial charge is 0.490 e. The molecule has 0 N–H and O–H groups in total. The van der Waals surface area contributed by atoms with Gasteiger partial charge in [0.25, 0.3) is 0 Å². The fraction of sp³-hybridized carbons (Fsp3) is 0.222. The van der Waals surface area contributed by atoms with Crippen molar-refractivity contribution in [3.63, 3.8) is 0 Å². The average Bonchev–Trinajstić information content (AvgIpc) is 2.53. The molecule has 1 aromatic heterocycles. The van der Waals surface area contributed by atoms with E-state index < -0.39 is 11.7 Å². The van der Waals surface area contributed by atoms with Crippen LogP contribution in [0, 0.1) is 11.3 Å². The highest BCUT2D eigenvalue weighted by molar-refractivity contribution is 5.89. The van der Waals surface area contributed by atoms with Crippen LogP contribution in [-0.2, 0) is 6.18 Å². The number of halogens is 3. The number of benzene rings is 1. The summed E-state index contributed by atoms with van der Waals surface area (Å²) in [6, 6.07) is 11.2. The summed E-state index contributed by atoms with van der Waals surface area (Å²) < 4.78 is 43.4. The zero-order valence-electron chi connectivity index (χ0n) is 13.1. The van der Waals surface area contributed by atoms with Crippen LogP contribution in [0.25, 0.3) is 11.6 Å². The molecule has 6 heteroatoms. The monoisotopic (exact) mass is 332 g/mol. The Bertz CT molecular complexity index is 772. The lowest BCUT2D eigenvalue weighted by molar-refractivity contribution is -0.137. The molecule has 1 heterocycles. The molecule has 1 aromatic carbocycles. The summed E-state index contributed by atoms with van der Waals surface area (Å²) in [6.07, 6.45) is -2.24. The van der Waals surface area contributed by atoms with Gasteiger partial charge in [-0.05, 0) is 38.1 Å². The average molecular weight is 332 g/mol. The van der Waals surface area contributed by atoms with Crippen LogP contribution < -0.4 is 4.74 Å². The Morgan fingerprint density at radius 3 is 2.46 bits per heavy atom. The number of hydrogen-bond acceptors (Lipinski definition) is 3. The Labute approximate surface area is 138 Å². The number of hydrogen-bond donors (Lipinski definition) is 0. The molecule has 0 bridgehead atoms. The van der Waals surface area contributed by atoms with Gasteiger partial charge in [-0.1, -0.05) is 18.2 Å². The van der Waals surface area contributed by atoms with Crippen molar-refractivity contribution in [2.24, 2.45) is 0 Å². The van der Waals surface area contributed by atoms with E-state index in [1.54, 1.807) is 30.3 Å². The highest BCUT2D eigenvalue weighted by Crippen LogP contribution is 2.30. The molecule has 0 unspecified atom stereocenters. The van der Waals surface area contributed by atoms with Gasteiger partial charge in [-0.3, -0.25) is 4.98 Å². The molecular weight excluding hydrogens is 317 g/mol. The molecule has 0 atom stereocenters. The third-order valence-corrected chi connectivity index (χ3v) is 3.07. The number of rotatable bonds is 4. The van der Waals surface area contributed by atoms with Crippen LogP contribution in [0.1, 0.15) is 30.7 Å². The third-order valence-electron chi connectivity index (χ3n) is 3.07. The van der Waals surface area contributed by atoms with E-state index in [-0.39, 0.29) is 17.4 Å². The number of nitriles is 1. The van der Waals surface area contributed by atoms with Crippen molar-refractivity contribution in [2.75, 3.05) is 0 Å². The van der Waals surface area contributed by atoms with E-state index in [4.69, 9.17) is 4.74 Å². The van der Waals surface area contributed by atoms with Gasteiger partial charge in [-0.2, -0.15) is 18.4 Å². The Morgan fingerprint density at radius 1 is 1.21 bits per heavy atom. The molecule has 0 aliphatic carbocycles. The van der Waals surface area contributed by atoms with Gasteiger partial charge in [0.05, 0.1) is 22.9 Å². The normalized spacial score (nSPS) is 12.1. The fourth-order valence-electron chi connectivity index (χ4n) is 2.00. The zero-order chi connectivity index (χ0) is 17.7. The van der Waals surface area contributed by atoms with Crippen LogP contribution in [0.15, 0.2) is 42.6 Å². The maximum absolute atomic E-state index is 12.6. The summed E-state index contributed by atoms with van der Waals surface area (Å²) >= 11 is 0. The summed E-state index contributed by atoms with van der Waals surface area (Å²) in [5.74, 6) is 0.590. The molecule has 0 fully saturated rings. The summed E-state index contributed by atoms with van der Waals surface area (Å²) in [5.41, 5.74) is 0.130. The number of nitrogens with zero attached hydrogens (tertiary/aromatic N) is 2. The van der Waals surface area contributed by atoms with E-state index in [0.29, 0.717) is 11.3 Å². The summed E-state index contributed by atoms with van der Waals surface area (Å²) in [4.78, 5) is 3.75. The number of para-hydroxylation sites is 1. The van der Waals surface area contributed by atoms with Gasteiger partial charge in [-0.25, -0.2) is 0 Å². The standard InChI is InChI=1S/C18H15F3N2O/c1-12(2)24-17-6-4-3-5-13(17)9-14(10-22)16-8-7-15(11-23-16)18(19,20)21/h3-9,11-12H,1-2H3/b14-9+. The molecule has 0 amide bonds. The summed E-state index contributed by atoms with van der Waals surface area (Å²) in [5, 5.41) is 9.32. The number of pyridine rings is 1. The van der Waals surface area contributed by atoms with Crippen molar-refractivity contribution in [1.82, 2.24) is 4.98 Å². The van der Waals surface area contributed by atoms with E-state index in [0.717, 1.165) is 12.3 Å². The molecule has 2 rings (SSSR count). The van der Waals surface area contributed by atoms with Gasteiger partial charge in [0, 0.05) is 11.8 Å². The first-order chi connectivity index (χ1) is 11.3. The van der Waals surface area contributed by atoms with Crippen LogP contribution in [-0.4, -0.2) is 11.1 Å². The highest BCUT2D eigenvalue weighted by atomic mass is 19.4. The molecule has 0 aliphatic heterocycles. The third kappa shape index (κ3) is 4.35. The van der Waals surface area contributed by atoms with Gasteiger partial charge in [0.15, 0.2) is 0 Å². The number of ether oxygens (including phenoxy) is 1. The van der Waals surface area contributed by atoms with Crippen molar-refractivity contribution in [1.29, 1.82) is 5.26 Å². The van der Waals surface area contributed by atoms with Crippen LogP contribution >= 0.6 is 0 Å². The molecule has 0 radical (unpaired) electrons. The Hall–Kier alpha value is -2.81. The quantitative estimate of drug-likeness (QED) is 0.744. The molecule has 0 spiro atoms. The fourth-order valence-corrected chi connectivity index (χ4v) is 2.00. The number of alkyl halides is 3. The maximum atomic E-state index is 12.6. The molecule has 3 nitrogen and oxygen atoms in total. The summed E-state index contributed by atoms with van der Waals surface area (Å²) in [7, 11) is 0. The van der Waals surface area contributed by atoms with E-state index in [9.17, 15) is 18.4 Å². The Kier molecular flexibility index (Phi) is 5.24. The predicted molar refractivity (Wildman–Crippen MR) is 84.9 cm³/mol. The molecule has 0 saturated carbocycles. The minimum absolute atomic E-state index is 0.0470. The lowest BCUT2D eigenvalue weighted by atomic mass is 10.1. The minimum Gasteiger partial charge on any atom is -0.490 e. The van der Waals surface area contributed by atoms with Crippen molar-refractivity contribution in [2.45, 2.75) is 26.1 Å². The molecule has 124 valence electrons. The first kappa shape index (κ1) is 17.5. The molecule has 0 saturated heterocycles. The van der Waals surface area contributed by atoms with Crippen LogP contribution in [0.2, 0.25) is 0 Å². The van der Waals surface area contributed by atoms with E-state index in [1.165, 1.54) is 6.07 Å². The lowest BCUT2D eigenvalue weighted by Crippen LogP contribution is -2.06. The second-order valence-electron chi connectivity index (χ2n) is 5.30. The lowest BCUT2D eigenvalue weighted by Gasteiger charge is -2.12. The second-order valence-corrected chi connectivity index (χ2v) is 5.30. The molecular formula is C18H15F3N2O. The van der Waals surface area contributed by atoms with Crippen molar-refractivity contribution in [3.8, 4) is 11.8 Å². The highest BCUT2D eigenvalue weighted by Gasteiger charge is 2.30. The first-order valence-electron chi connectivity index (χ1n) is 7.22. The number of allylic oxidation sites excluding steroid dienone is 1. The SMILES string of the molecule is CC(C)Oc1ccccc1/C=C(\C#N)c1ccc(C(F)(F)F)cn1. The topological polar surface area (TPSA) is 45.9 Å². The van der Waals surface area contributed by atoms with Crippen molar-refractivity contribution < 1.29 is 17.9 Å². The van der Waals surface area contributed by atoms with E-state index in [1.807, 2.05) is 19.9 Å². The van der Waals surface area contributed by atoms with Crippen molar-refractivity contribution in [3.05, 3.63) is 59.4 Å². The molecule has 24 heavy (non-hydrogen) atoms. The predicted octanol–water partition coefficient (Wildman–Crippen LogP) is 4.95. The smallest absolute Gasteiger partial charge is 0.417 e. The first-order valence-corrected chi connectivity index (χ1v) is 7.22. The Balaban J connectivity index is 2.39. The van der Waals surface area contributed by atoms with Gasteiger partial charge < -0.3 is 4.74 Å². The molecule has 0 aliphatic rings. The van der Waals surface area contributed by atoms with E-state index >= 15 is 0 Å². The zero-order valence-corrected chi connectivity index (χ0v) is 13.1. The van der Waals surface area contributed by atoms with E-state index in [2.05, 4.69) is 4.98 Å². The Morgan fingerprint density at radius 2 is 1.92 bits per heavy atom. The second kappa shape index (κ2) is 7.18.